The molecular weight excluding hydrogens is 500 g/mol. The van der Waals surface area contributed by atoms with Crippen LogP contribution in [0.4, 0.5) is 0 Å². The molecule has 0 radical (unpaired) electrons. The van der Waals surface area contributed by atoms with Gasteiger partial charge in [-0.15, -0.1) is 0 Å². The number of carbonyl (C=O) groups excluding carboxylic acids is 2. The van der Waals surface area contributed by atoms with Gasteiger partial charge in [-0.1, -0.05) is 24.0 Å². The number of fused-ring (bicyclic) bond motifs is 2. The predicted octanol–water partition coefficient (Wildman–Crippen LogP) is 6.34. The molecule has 40 heavy (non-hydrogen) atoms. The molecule has 6 nitrogen and oxygen atoms in total. The highest BCUT2D eigenvalue weighted by Crippen LogP contribution is 2.42. The van der Waals surface area contributed by atoms with Crippen LogP contribution in [0, 0.1) is 11.8 Å². The topological polar surface area (TPSA) is 52.6 Å². The number of esters is 2. The molecule has 0 aromatic heterocycles. The van der Waals surface area contributed by atoms with Gasteiger partial charge in [0.15, 0.2) is 0 Å². The number of ether oxygens (including phenoxy) is 2. The largest absolute Gasteiger partial charge is 0.462 e. The summed E-state index contributed by atoms with van der Waals surface area (Å²) in [6.45, 7) is 16.9. The van der Waals surface area contributed by atoms with Gasteiger partial charge in [0, 0.05) is 50.7 Å². The predicted molar refractivity (Wildman–Crippen MR) is 160 cm³/mol. The summed E-state index contributed by atoms with van der Waals surface area (Å²) in [5.41, 5.74) is 2.01. The van der Waals surface area contributed by atoms with Gasteiger partial charge in [-0.2, -0.15) is 0 Å². The number of hydrogen-bond acceptors (Lipinski definition) is 4. The van der Waals surface area contributed by atoms with E-state index in [-0.39, 0.29) is 11.9 Å². The molecule has 226 valence electrons. The van der Waals surface area contributed by atoms with Crippen molar-refractivity contribution in [3.63, 3.8) is 0 Å². The van der Waals surface area contributed by atoms with Crippen LogP contribution in [0.5, 0.6) is 0 Å². The first-order valence-corrected chi connectivity index (χ1v) is 16.6. The quantitative estimate of drug-likeness (QED) is 0.102. The lowest BCUT2D eigenvalue weighted by atomic mass is 9.99. The van der Waals surface area contributed by atoms with Gasteiger partial charge >= 0.3 is 11.9 Å². The summed E-state index contributed by atoms with van der Waals surface area (Å²) in [5.74, 6) is 0.763. The first-order chi connectivity index (χ1) is 19.2. The second-order valence-electron chi connectivity index (χ2n) is 14.1. The maximum Gasteiger partial charge on any atom is 0.330 e. The van der Waals surface area contributed by atoms with Crippen molar-refractivity contribution in [1.29, 1.82) is 0 Å². The Kier molecular flexibility index (Phi) is 11.3. The van der Waals surface area contributed by atoms with Gasteiger partial charge in [-0.3, -0.25) is 0 Å². The third-order valence-corrected chi connectivity index (χ3v) is 10.7. The summed E-state index contributed by atoms with van der Waals surface area (Å²) in [6, 6.07) is 1.42. The molecule has 4 saturated heterocycles. The number of quaternary nitrogens is 2. The SMILES string of the molecule is CC(C)=CC(=O)OC[C@@H]1CC[N+]2(CCCCCCCC[N+]34CCC[C@@H]3[C@H](COC(=O)C=C(C)C)CC4)CCC[C@H]12. The Balaban J connectivity index is 1.09. The van der Waals surface area contributed by atoms with E-state index in [0.29, 0.717) is 37.1 Å². The van der Waals surface area contributed by atoms with Crippen molar-refractivity contribution in [1.82, 2.24) is 0 Å². The third-order valence-electron chi connectivity index (χ3n) is 10.7. The lowest BCUT2D eigenvalue weighted by Gasteiger charge is -2.36. The van der Waals surface area contributed by atoms with Crippen molar-refractivity contribution < 1.29 is 28.0 Å². The van der Waals surface area contributed by atoms with Gasteiger partial charge in [0.05, 0.1) is 63.2 Å². The van der Waals surface area contributed by atoms with Crippen molar-refractivity contribution in [3.8, 4) is 0 Å². The summed E-state index contributed by atoms with van der Waals surface area (Å²) >= 11 is 0. The van der Waals surface area contributed by atoms with E-state index in [4.69, 9.17) is 9.47 Å². The van der Waals surface area contributed by atoms with E-state index in [1.54, 1.807) is 12.2 Å². The van der Waals surface area contributed by atoms with Gasteiger partial charge in [0.25, 0.3) is 0 Å². The summed E-state index contributed by atoms with van der Waals surface area (Å²) in [7, 11) is 0. The highest BCUT2D eigenvalue weighted by Gasteiger charge is 2.52. The fraction of sp³-hybridized carbons (Fsp3) is 0.824. The van der Waals surface area contributed by atoms with Gasteiger partial charge in [-0.25, -0.2) is 9.59 Å². The number of allylic oxidation sites excluding steroid dienone is 2. The van der Waals surface area contributed by atoms with Crippen molar-refractivity contribution in [2.24, 2.45) is 11.8 Å². The van der Waals surface area contributed by atoms with Gasteiger partial charge in [-0.05, 0) is 53.4 Å². The first kappa shape index (κ1) is 31.3. The van der Waals surface area contributed by atoms with Crippen LogP contribution in [0.3, 0.4) is 0 Å². The zero-order valence-corrected chi connectivity index (χ0v) is 26.1. The molecule has 0 aliphatic carbocycles. The number of unbranched alkanes of at least 4 members (excludes halogenated alkanes) is 5. The first-order valence-electron chi connectivity index (χ1n) is 16.6. The average molecular weight is 559 g/mol. The minimum absolute atomic E-state index is 0.168. The zero-order chi connectivity index (χ0) is 28.6. The van der Waals surface area contributed by atoms with Crippen molar-refractivity contribution in [2.75, 3.05) is 52.5 Å². The molecular formula is C34H58N2O4+2. The Morgan fingerprint density at radius 3 is 1.40 bits per heavy atom. The fourth-order valence-corrected chi connectivity index (χ4v) is 8.92. The highest BCUT2D eigenvalue weighted by molar-refractivity contribution is 5.82. The van der Waals surface area contributed by atoms with E-state index in [0.717, 1.165) is 11.1 Å². The van der Waals surface area contributed by atoms with E-state index >= 15 is 0 Å². The smallest absolute Gasteiger partial charge is 0.330 e. The lowest BCUT2D eigenvalue weighted by molar-refractivity contribution is -0.929. The fourth-order valence-electron chi connectivity index (χ4n) is 8.92. The standard InChI is InChI=1S/C34H58N2O4/c1-27(2)23-33(37)39-25-29-15-21-35(19-11-13-31(29)35)17-9-7-5-6-8-10-18-36-20-12-14-32(36)30(16-22-36)26-40-34(38)24-28(3)4/h23-24,29-32H,5-22,25-26H2,1-4H3/q+2/t29-,30-,31+,32+,35?,36?/m0/s1. The van der Waals surface area contributed by atoms with Gasteiger partial charge in [0.1, 0.15) is 13.2 Å². The molecule has 0 N–H and O–H groups in total. The molecule has 4 heterocycles. The molecule has 4 fully saturated rings. The summed E-state index contributed by atoms with van der Waals surface area (Å²) in [5, 5.41) is 0. The zero-order valence-electron chi connectivity index (χ0n) is 26.1. The van der Waals surface area contributed by atoms with Crippen LogP contribution in [0.1, 0.15) is 105 Å². The number of carbonyl (C=O) groups is 2. The second-order valence-corrected chi connectivity index (χ2v) is 14.1. The monoisotopic (exact) mass is 558 g/mol. The lowest BCUT2D eigenvalue weighted by Crippen LogP contribution is -2.50. The number of rotatable bonds is 15. The summed E-state index contributed by atoms with van der Waals surface area (Å²) < 4.78 is 13.9. The van der Waals surface area contributed by atoms with Crippen molar-refractivity contribution in [2.45, 2.75) is 117 Å². The average Bonchev–Trinajstić information content (AvgIpc) is 3.63. The van der Waals surface area contributed by atoms with Crippen LogP contribution in [-0.2, 0) is 19.1 Å². The summed E-state index contributed by atoms with van der Waals surface area (Å²) in [6.07, 6.45) is 19.1. The molecule has 4 aliphatic heterocycles. The minimum atomic E-state index is -0.168. The van der Waals surface area contributed by atoms with Crippen LogP contribution in [0.25, 0.3) is 0 Å². The van der Waals surface area contributed by atoms with Crippen LogP contribution >= 0.6 is 0 Å². The maximum atomic E-state index is 12.0. The molecule has 0 bridgehead atoms. The molecule has 0 aromatic carbocycles. The van der Waals surface area contributed by atoms with Crippen LogP contribution in [0.2, 0.25) is 0 Å². The van der Waals surface area contributed by atoms with Gasteiger partial charge < -0.3 is 18.4 Å². The van der Waals surface area contributed by atoms with Crippen LogP contribution in [-0.4, -0.2) is 85.5 Å². The van der Waals surface area contributed by atoms with E-state index in [9.17, 15) is 9.59 Å². The van der Waals surface area contributed by atoms with E-state index in [1.165, 1.54) is 125 Å². The third kappa shape index (κ3) is 8.00. The molecule has 4 rings (SSSR count). The molecule has 2 unspecified atom stereocenters. The Bertz CT molecular complexity index is 847. The molecule has 0 amide bonds. The van der Waals surface area contributed by atoms with Crippen molar-refractivity contribution in [3.05, 3.63) is 23.3 Å². The Hall–Kier alpha value is -1.66. The molecule has 6 atom stereocenters. The number of nitrogens with zero attached hydrogens (tertiary/aromatic N) is 2. The second kappa shape index (κ2) is 14.5. The Morgan fingerprint density at radius 2 is 1.00 bits per heavy atom. The number of hydrogen-bond donors (Lipinski definition) is 0. The summed E-state index contributed by atoms with van der Waals surface area (Å²) in [4.78, 5) is 24.0. The van der Waals surface area contributed by atoms with Gasteiger partial charge in [0.2, 0.25) is 0 Å². The molecule has 6 heteroatoms. The van der Waals surface area contributed by atoms with E-state index in [2.05, 4.69) is 0 Å². The minimum Gasteiger partial charge on any atom is -0.462 e. The van der Waals surface area contributed by atoms with Crippen LogP contribution < -0.4 is 0 Å². The molecule has 0 spiro atoms. The Morgan fingerprint density at radius 1 is 0.600 bits per heavy atom. The van der Waals surface area contributed by atoms with Crippen LogP contribution in [0.15, 0.2) is 23.3 Å². The maximum absolute atomic E-state index is 12.0. The van der Waals surface area contributed by atoms with Crippen molar-refractivity contribution >= 4 is 11.9 Å². The molecule has 0 saturated carbocycles. The highest BCUT2D eigenvalue weighted by atomic mass is 16.5. The Labute approximate surface area is 244 Å². The normalized spacial score (nSPS) is 32.4. The molecule has 4 aliphatic rings. The van der Waals surface area contributed by atoms with E-state index in [1.807, 2.05) is 27.7 Å². The van der Waals surface area contributed by atoms with E-state index < -0.39 is 0 Å². The molecule has 0 aromatic rings.